The van der Waals surface area contributed by atoms with Crippen LogP contribution in [0.2, 0.25) is 0 Å². The van der Waals surface area contributed by atoms with Gasteiger partial charge in [0, 0.05) is 43.2 Å². The number of nitrogens with zero attached hydrogens (tertiary/aromatic N) is 2. The Bertz CT molecular complexity index is 984. The van der Waals surface area contributed by atoms with Gasteiger partial charge in [-0.25, -0.2) is 0 Å². The summed E-state index contributed by atoms with van der Waals surface area (Å²) in [6.45, 7) is 0.792. The number of amides is 1. The van der Waals surface area contributed by atoms with Gasteiger partial charge in [0.25, 0.3) is 5.91 Å². The standard InChI is InChI=1S/C21H21F3N4O2/c22-21(23,24)17-4-1-2-5-18(17)25-14-15-6-8-16(9-7-15)20(30)26-19-10-12-28(27-19)11-3-13-29/h1-2,4-10,12,25,29H,3,11,13-14H2,(H,26,27,30). The van der Waals surface area contributed by atoms with Crippen LogP contribution in [0.5, 0.6) is 0 Å². The van der Waals surface area contributed by atoms with E-state index in [1.165, 1.54) is 18.2 Å². The van der Waals surface area contributed by atoms with E-state index in [1.807, 2.05) is 0 Å². The smallest absolute Gasteiger partial charge is 0.396 e. The molecule has 1 aromatic heterocycles. The first-order valence-corrected chi connectivity index (χ1v) is 9.31. The Hall–Kier alpha value is -3.33. The van der Waals surface area contributed by atoms with Gasteiger partial charge in [-0.15, -0.1) is 0 Å². The molecule has 0 fully saturated rings. The number of aromatic nitrogens is 2. The Morgan fingerprint density at radius 1 is 1.07 bits per heavy atom. The number of halogens is 3. The van der Waals surface area contributed by atoms with Crippen LogP contribution in [0.25, 0.3) is 0 Å². The molecule has 30 heavy (non-hydrogen) atoms. The van der Waals surface area contributed by atoms with Crippen molar-refractivity contribution in [3.05, 3.63) is 77.5 Å². The van der Waals surface area contributed by atoms with E-state index in [1.54, 1.807) is 41.2 Å². The van der Waals surface area contributed by atoms with Crippen LogP contribution in [0.15, 0.2) is 60.8 Å². The molecule has 9 heteroatoms. The number of aryl methyl sites for hydroxylation is 1. The van der Waals surface area contributed by atoms with Crippen molar-refractivity contribution in [3.8, 4) is 0 Å². The zero-order valence-corrected chi connectivity index (χ0v) is 16.0. The van der Waals surface area contributed by atoms with E-state index in [-0.39, 0.29) is 24.7 Å². The van der Waals surface area contributed by atoms with Crippen molar-refractivity contribution in [1.82, 2.24) is 9.78 Å². The second-order valence-electron chi connectivity index (χ2n) is 6.59. The quantitative estimate of drug-likeness (QED) is 0.514. The number of hydrogen-bond donors (Lipinski definition) is 3. The number of alkyl halides is 3. The number of para-hydroxylation sites is 1. The number of aliphatic hydroxyl groups excluding tert-OH is 1. The minimum absolute atomic E-state index is 0.00334. The highest BCUT2D eigenvalue weighted by molar-refractivity contribution is 6.03. The molecule has 0 radical (unpaired) electrons. The third-order valence-corrected chi connectivity index (χ3v) is 4.36. The predicted octanol–water partition coefficient (Wildman–Crippen LogP) is 4.15. The molecule has 2 aromatic carbocycles. The number of benzene rings is 2. The van der Waals surface area contributed by atoms with E-state index < -0.39 is 11.7 Å². The van der Waals surface area contributed by atoms with Crippen LogP contribution in [0.1, 0.15) is 27.9 Å². The van der Waals surface area contributed by atoms with Crippen LogP contribution in [0.3, 0.4) is 0 Å². The van der Waals surface area contributed by atoms with Gasteiger partial charge in [-0.1, -0.05) is 24.3 Å². The Morgan fingerprint density at radius 3 is 2.50 bits per heavy atom. The second-order valence-corrected chi connectivity index (χ2v) is 6.59. The number of carbonyl (C=O) groups excluding carboxylic acids is 1. The molecular weight excluding hydrogens is 397 g/mol. The summed E-state index contributed by atoms with van der Waals surface area (Å²) in [7, 11) is 0. The molecule has 0 bridgehead atoms. The molecule has 3 rings (SSSR count). The minimum Gasteiger partial charge on any atom is -0.396 e. The van der Waals surface area contributed by atoms with Crippen LogP contribution >= 0.6 is 0 Å². The van der Waals surface area contributed by atoms with E-state index in [0.717, 1.165) is 11.6 Å². The third-order valence-electron chi connectivity index (χ3n) is 4.36. The van der Waals surface area contributed by atoms with Gasteiger partial charge in [-0.2, -0.15) is 18.3 Å². The van der Waals surface area contributed by atoms with Crippen molar-refractivity contribution >= 4 is 17.4 Å². The molecule has 0 saturated carbocycles. The average Bonchev–Trinajstić information content (AvgIpc) is 3.17. The molecule has 1 heterocycles. The topological polar surface area (TPSA) is 79.2 Å². The molecule has 3 N–H and O–H groups in total. The summed E-state index contributed by atoms with van der Waals surface area (Å²) in [4.78, 5) is 12.3. The van der Waals surface area contributed by atoms with E-state index in [0.29, 0.717) is 24.3 Å². The maximum absolute atomic E-state index is 13.1. The molecule has 158 valence electrons. The molecule has 3 aromatic rings. The highest BCUT2D eigenvalue weighted by atomic mass is 19.4. The SMILES string of the molecule is O=C(Nc1ccn(CCCO)n1)c1ccc(CNc2ccccc2C(F)(F)F)cc1. The number of rotatable bonds is 8. The molecule has 0 aliphatic rings. The predicted molar refractivity (Wildman–Crippen MR) is 107 cm³/mol. The lowest BCUT2D eigenvalue weighted by atomic mass is 10.1. The molecule has 0 spiro atoms. The molecule has 0 unspecified atom stereocenters. The number of nitrogens with one attached hydrogen (secondary N) is 2. The monoisotopic (exact) mass is 418 g/mol. The van der Waals surface area contributed by atoms with Gasteiger partial charge < -0.3 is 15.7 Å². The van der Waals surface area contributed by atoms with Gasteiger partial charge in [-0.05, 0) is 36.2 Å². The average molecular weight is 418 g/mol. The summed E-state index contributed by atoms with van der Waals surface area (Å²) in [6.07, 6.45) is -2.16. The molecule has 1 amide bonds. The van der Waals surface area contributed by atoms with Crippen LogP contribution < -0.4 is 10.6 Å². The van der Waals surface area contributed by atoms with Crippen molar-refractivity contribution in [2.45, 2.75) is 25.7 Å². The lowest BCUT2D eigenvalue weighted by Crippen LogP contribution is -2.13. The summed E-state index contributed by atoms with van der Waals surface area (Å²) in [5.41, 5.74) is 0.416. The number of aliphatic hydroxyl groups is 1. The van der Waals surface area contributed by atoms with E-state index >= 15 is 0 Å². The van der Waals surface area contributed by atoms with Crippen LogP contribution in [0.4, 0.5) is 24.7 Å². The molecule has 0 aliphatic carbocycles. The Balaban J connectivity index is 1.59. The summed E-state index contributed by atoms with van der Waals surface area (Å²) < 4.78 is 40.8. The lowest BCUT2D eigenvalue weighted by Gasteiger charge is -2.14. The fourth-order valence-corrected chi connectivity index (χ4v) is 2.83. The Morgan fingerprint density at radius 2 is 1.80 bits per heavy atom. The number of anilines is 2. The van der Waals surface area contributed by atoms with Gasteiger partial charge in [0.15, 0.2) is 5.82 Å². The fraction of sp³-hybridized carbons (Fsp3) is 0.238. The van der Waals surface area contributed by atoms with Crippen LogP contribution in [0, 0.1) is 0 Å². The van der Waals surface area contributed by atoms with Crippen molar-refractivity contribution < 1.29 is 23.1 Å². The van der Waals surface area contributed by atoms with Crippen molar-refractivity contribution in [2.24, 2.45) is 0 Å². The van der Waals surface area contributed by atoms with Gasteiger partial charge in [0.05, 0.1) is 5.56 Å². The number of hydrogen-bond acceptors (Lipinski definition) is 4. The molecular formula is C21H21F3N4O2. The Labute approximate surface area is 171 Å². The zero-order valence-electron chi connectivity index (χ0n) is 16.0. The van der Waals surface area contributed by atoms with Gasteiger partial charge >= 0.3 is 6.18 Å². The highest BCUT2D eigenvalue weighted by Crippen LogP contribution is 2.34. The van der Waals surface area contributed by atoms with E-state index in [4.69, 9.17) is 5.11 Å². The first kappa shape index (κ1) is 21.4. The van der Waals surface area contributed by atoms with Gasteiger partial charge in [-0.3, -0.25) is 9.48 Å². The summed E-state index contributed by atoms with van der Waals surface area (Å²) in [6, 6.07) is 13.5. The van der Waals surface area contributed by atoms with Crippen LogP contribution in [-0.2, 0) is 19.3 Å². The minimum atomic E-state index is -4.43. The largest absolute Gasteiger partial charge is 0.418 e. The van der Waals surface area contributed by atoms with Crippen molar-refractivity contribution in [2.75, 3.05) is 17.2 Å². The molecule has 0 aliphatic heterocycles. The maximum atomic E-state index is 13.1. The third kappa shape index (κ3) is 5.60. The maximum Gasteiger partial charge on any atom is 0.418 e. The van der Waals surface area contributed by atoms with Gasteiger partial charge in [0.1, 0.15) is 0 Å². The van der Waals surface area contributed by atoms with E-state index in [2.05, 4.69) is 15.7 Å². The van der Waals surface area contributed by atoms with Crippen molar-refractivity contribution in [1.29, 1.82) is 0 Å². The normalized spacial score (nSPS) is 11.3. The van der Waals surface area contributed by atoms with Crippen molar-refractivity contribution in [3.63, 3.8) is 0 Å². The van der Waals surface area contributed by atoms with E-state index in [9.17, 15) is 18.0 Å². The highest BCUT2D eigenvalue weighted by Gasteiger charge is 2.33. The van der Waals surface area contributed by atoms with Gasteiger partial charge in [0.2, 0.25) is 0 Å². The molecule has 0 saturated heterocycles. The summed E-state index contributed by atoms with van der Waals surface area (Å²) in [5, 5.41) is 18.5. The molecule has 6 nitrogen and oxygen atoms in total. The zero-order chi connectivity index (χ0) is 21.6. The fourth-order valence-electron chi connectivity index (χ4n) is 2.83. The summed E-state index contributed by atoms with van der Waals surface area (Å²) >= 11 is 0. The first-order valence-electron chi connectivity index (χ1n) is 9.31. The lowest BCUT2D eigenvalue weighted by molar-refractivity contribution is -0.137. The van der Waals surface area contributed by atoms with Crippen LogP contribution in [-0.4, -0.2) is 27.4 Å². The second kappa shape index (κ2) is 9.45. The Kier molecular flexibility index (Phi) is 6.73. The molecule has 0 atom stereocenters. The first-order chi connectivity index (χ1) is 14.4. The summed E-state index contributed by atoms with van der Waals surface area (Å²) in [5.74, 6) is 0.0526. The number of carbonyl (C=O) groups is 1.